The highest BCUT2D eigenvalue weighted by molar-refractivity contribution is 5.79. The fourth-order valence-electron chi connectivity index (χ4n) is 2.45. The van der Waals surface area contributed by atoms with Crippen molar-refractivity contribution in [2.24, 2.45) is 0 Å². The first-order valence-electron chi connectivity index (χ1n) is 9.35. The molecule has 0 aliphatic heterocycles. The van der Waals surface area contributed by atoms with E-state index >= 15 is 0 Å². The van der Waals surface area contributed by atoms with Crippen LogP contribution < -0.4 is 10.6 Å². The van der Waals surface area contributed by atoms with E-state index in [2.05, 4.69) is 20.8 Å². The zero-order valence-electron chi connectivity index (χ0n) is 16.5. The van der Waals surface area contributed by atoms with Crippen molar-refractivity contribution < 1.29 is 18.5 Å². The van der Waals surface area contributed by atoms with E-state index in [-0.39, 0.29) is 29.5 Å². The molecule has 152 valence electrons. The van der Waals surface area contributed by atoms with Gasteiger partial charge in [-0.2, -0.15) is 4.98 Å². The lowest BCUT2D eigenvalue weighted by Gasteiger charge is -2.10. The average Bonchev–Trinajstić information content (AvgIpc) is 3.08. The van der Waals surface area contributed by atoms with Crippen LogP contribution >= 0.6 is 0 Å². The predicted molar refractivity (Wildman–Crippen MR) is 102 cm³/mol. The fraction of sp³-hybridized carbons (Fsp3) is 0.500. The van der Waals surface area contributed by atoms with Gasteiger partial charge in [0, 0.05) is 31.3 Å². The molecule has 28 heavy (non-hydrogen) atoms. The number of hydrogen-bond donors (Lipinski definition) is 2. The quantitative estimate of drug-likeness (QED) is 0.641. The van der Waals surface area contributed by atoms with Gasteiger partial charge in [0.25, 0.3) is 0 Å². The number of carbonyl (C=O) groups is 2. The minimum Gasteiger partial charge on any atom is -0.354 e. The molecular formula is C20H27FN4O3. The van der Waals surface area contributed by atoms with Gasteiger partial charge in [0.1, 0.15) is 5.82 Å². The van der Waals surface area contributed by atoms with Gasteiger partial charge in [0.15, 0.2) is 5.82 Å². The minimum absolute atomic E-state index is 0.102. The third-order valence-corrected chi connectivity index (χ3v) is 3.96. The molecule has 0 aliphatic rings. The summed E-state index contributed by atoms with van der Waals surface area (Å²) in [4.78, 5) is 28.0. The Balaban J connectivity index is 1.57. The second kappa shape index (κ2) is 9.96. The van der Waals surface area contributed by atoms with E-state index < -0.39 is 0 Å². The third-order valence-electron chi connectivity index (χ3n) is 3.96. The smallest absolute Gasteiger partial charge is 0.226 e. The fourth-order valence-corrected chi connectivity index (χ4v) is 2.45. The lowest BCUT2D eigenvalue weighted by Crippen LogP contribution is -2.35. The summed E-state index contributed by atoms with van der Waals surface area (Å²) in [6, 6.07) is 5.92. The first-order chi connectivity index (χ1) is 13.2. The van der Waals surface area contributed by atoms with Crippen molar-refractivity contribution in [3.8, 4) is 0 Å². The third kappa shape index (κ3) is 7.46. The molecule has 1 aromatic carbocycles. The zero-order valence-corrected chi connectivity index (χ0v) is 16.5. The Hall–Kier alpha value is -2.77. The van der Waals surface area contributed by atoms with E-state index in [4.69, 9.17) is 4.52 Å². The van der Waals surface area contributed by atoms with Crippen LogP contribution in [0.5, 0.6) is 0 Å². The van der Waals surface area contributed by atoms with Crippen molar-refractivity contribution in [1.82, 2.24) is 20.8 Å². The Labute approximate surface area is 164 Å². The van der Waals surface area contributed by atoms with Crippen LogP contribution in [0.15, 0.2) is 28.8 Å². The summed E-state index contributed by atoms with van der Waals surface area (Å²) in [6.07, 6.45) is 1.58. The highest BCUT2D eigenvalue weighted by atomic mass is 19.1. The SMILES string of the molecule is CC(C)(C)c1noc(CCCC(=O)NCCNC(=O)Cc2cccc(F)c2)n1. The first-order valence-corrected chi connectivity index (χ1v) is 9.35. The molecule has 0 aliphatic carbocycles. The van der Waals surface area contributed by atoms with Gasteiger partial charge in [-0.05, 0) is 24.1 Å². The summed E-state index contributed by atoms with van der Waals surface area (Å²) in [5, 5.41) is 9.39. The van der Waals surface area contributed by atoms with Crippen molar-refractivity contribution >= 4 is 11.8 Å². The van der Waals surface area contributed by atoms with Crippen molar-refractivity contribution in [2.45, 2.75) is 51.9 Å². The topological polar surface area (TPSA) is 97.1 Å². The van der Waals surface area contributed by atoms with Crippen molar-refractivity contribution in [3.05, 3.63) is 47.4 Å². The Morgan fingerprint density at radius 1 is 1.14 bits per heavy atom. The molecule has 2 amide bonds. The zero-order chi connectivity index (χ0) is 20.6. The van der Waals surface area contributed by atoms with Crippen LogP contribution in [0.3, 0.4) is 0 Å². The maximum atomic E-state index is 13.1. The molecule has 0 atom stereocenters. The molecule has 0 saturated carbocycles. The van der Waals surface area contributed by atoms with E-state index in [0.717, 1.165) is 0 Å². The molecule has 2 rings (SSSR count). The Kier molecular flexibility index (Phi) is 7.66. The molecule has 1 heterocycles. The highest BCUT2D eigenvalue weighted by Crippen LogP contribution is 2.18. The molecule has 8 heteroatoms. The summed E-state index contributed by atoms with van der Waals surface area (Å²) >= 11 is 0. The monoisotopic (exact) mass is 390 g/mol. The van der Waals surface area contributed by atoms with E-state index in [1.807, 2.05) is 20.8 Å². The number of nitrogens with zero attached hydrogens (tertiary/aromatic N) is 2. The number of benzene rings is 1. The maximum Gasteiger partial charge on any atom is 0.226 e. The lowest BCUT2D eigenvalue weighted by molar-refractivity contribution is -0.122. The van der Waals surface area contributed by atoms with E-state index in [0.29, 0.717) is 49.6 Å². The van der Waals surface area contributed by atoms with Gasteiger partial charge in [-0.3, -0.25) is 9.59 Å². The van der Waals surface area contributed by atoms with Crippen molar-refractivity contribution in [3.63, 3.8) is 0 Å². The summed E-state index contributed by atoms with van der Waals surface area (Å²) in [5.74, 6) is 0.497. The molecular weight excluding hydrogens is 363 g/mol. The van der Waals surface area contributed by atoms with Gasteiger partial charge >= 0.3 is 0 Å². The molecule has 0 fully saturated rings. The summed E-state index contributed by atoms with van der Waals surface area (Å²) in [5.41, 5.74) is 0.440. The Morgan fingerprint density at radius 3 is 2.50 bits per heavy atom. The molecule has 0 spiro atoms. The number of carbonyl (C=O) groups excluding carboxylic acids is 2. The van der Waals surface area contributed by atoms with Gasteiger partial charge in [-0.25, -0.2) is 4.39 Å². The van der Waals surface area contributed by atoms with Crippen LogP contribution in [-0.4, -0.2) is 35.0 Å². The first kappa shape index (κ1) is 21.5. The van der Waals surface area contributed by atoms with Crippen molar-refractivity contribution in [1.29, 1.82) is 0 Å². The molecule has 0 bridgehead atoms. The summed E-state index contributed by atoms with van der Waals surface area (Å²) in [6.45, 7) is 6.67. The molecule has 2 N–H and O–H groups in total. The average molecular weight is 390 g/mol. The maximum absolute atomic E-state index is 13.1. The number of aryl methyl sites for hydroxylation is 1. The molecule has 0 radical (unpaired) electrons. The molecule has 0 saturated heterocycles. The molecule has 2 aromatic rings. The summed E-state index contributed by atoms with van der Waals surface area (Å²) in [7, 11) is 0. The number of rotatable bonds is 9. The highest BCUT2D eigenvalue weighted by Gasteiger charge is 2.20. The van der Waals surface area contributed by atoms with Crippen LogP contribution in [0.2, 0.25) is 0 Å². The van der Waals surface area contributed by atoms with Crippen molar-refractivity contribution in [2.75, 3.05) is 13.1 Å². The molecule has 1 aromatic heterocycles. The Bertz CT molecular complexity index is 799. The predicted octanol–water partition coefficient (Wildman–Crippen LogP) is 2.30. The van der Waals surface area contributed by atoms with Crippen LogP contribution in [0.4, 0.5) is 4.39 Å². The second-order valence-corrected chi connectivity index (χ2v) is 7.62. The lowest BCUT2D eigenvalue weighted by atomic mass is 9.96. The summed E-state index contributed by atoms with van der Waals surface area (Å²) < 4.78 is 18.3. The minimum atomic E-state index is -0.368. The standard InChI is InChI=1S/C20H27FN4O3/c1-20(2,3)19-24-18(28-25-19)9-5-8-16(26)22-10-11-23-17(27)13-14-6-4-7-15(21)12-14/h4,6-7,12H,5,8-11,13H2,1-3H3,(H,22,26)(H,23,27). The molecule has 0 unspecified atom stereocenters. The second-order valence-electron chi connectivity index (χ2n) is 7.62. The van der Waals surface area contributed by atoms with Gasteiger partial charge in [0.05, 0.1) is 6.42 Å². The van der Waals surface area contributed by atoms with Gasteiger partial charge in [-0.1, -0.05) is 38.1 Å². The van der Waals surface area contributed by atoms with Crippen LogP contribution in [-0.2, 0) is 27.8 Å². The van der Waals surface area contributed by atoms with Gasteiger partial charge in [-0.15, -0.1) is 0 Å². The normalized spacial score (nSPS) is 11.3. The van der Waals surface area contributed by atoms with E-state index in [9.17, 15) is 14.0 Å². The van der Waals surface area contributed by atoms with E-state index in [1.54, 1.807) is 12.1 Å². The van der Waals surface area contributed by atoms with Gasteiger partial charge in [0.2, 0.25) is 17.7 Å². The van der Waals surface area contributed by atoms with Crippen LogP contribution in [0.1, 0.15) is 50.9 Å². The number of hydrogen-bond acceptors (Lipinski definition) is 5. The van der Waals surface area contributed by atoms with Crippen LogP contribution in [0, 0.1) is 5.82 Å². The van der Waals surface area contributed by atoms with Gasteiger partial charge < -0.3 is 15.2 Å². The number of nitrogens with one attached hydrogen (secondary N) is 2. The number of amides is 2. The van der Waals surface area contributed by atoms with Crippen LogP contribution in [0.25, 0.3) is 0 Å². The number of aromatic nitrogens is 2. The number of halogens is 1. The Morgan fingerprint density at radius 2 is 1.86 bits per heavy atom. The molecule has 7 nitrogen and oxygen atoms in total. The largest absolute Gasteiger partial charge is 0.354 e. The van der Waals surface area contributed by atoms with E-state index in [1.165, 1.54) is 12.1 Å².